The lowest BCUT2D eigenvalue weighted by molar-refractivity contribution is 0.0697. The van der Waals surface area contributed by atoms with Crippen LogP contribution in [0.4, 0.5) is 0 Å². The van der Waals surface area contributed by atoms with E-state index in [1.54, 1.807) is 19.4 Å². The van der Waals surface area contributed by atoms with E-state index in [0.717, 1.165) is 36.5 Å². The number of oxazole rings is 1. The number of aromatic nitrogens is 3. The van der Waals surface area contributed by atoms with Gasteiger partial charge in [0.1, 0.15) is 11.5 Å². The maximum absolute atomic E-state index is 12.7. The zero-order valence-electron chi connectivity index (χ0n) is 15.7. The van der Waals surface area contributed by atoms with E-state index in [2.05, 4.69) is 15.2 Å². The van der Waals surface area contributed by atoms with E-state index in [0.29, 0.717) is 24.4 Å². The minimum absolute atomic E-state index is 0.0274. The third kappa shape index (κ3) is 3.88. The van der Waals surface area contributed by atoms with Crippen molar-refractivity contribution < 1.29 is 13.9 Å². The molecule has 7 nitrogen and oxygen atoms in total. The molecule has 0 N–H and O–H groups in total. The molecule has 4 rings (SSSR count). The van der Waals surface area contributed by atoms with Crippen molar-refractivity contribution in [3.05, 3.63) is 71.7 Å². The van der Waals surface area contributed by atoms with Gasteiger partial charge in [-0.25, -0.2) is 4.98 Å². The quantitative estimate of drug-likeness (QED) is 0.679. The minimum atomic E-state index is -0.0274. The lowest BCUT2D eigenvalue weighted by Gasteiger charge is -2.31. The number of hydrogen-bond donors (Lipinski definition) is 0. The highest BCUT2D eigenvalue weighted by atomic mass is 16.5. The number of nitrogens with zero attached hydrogens (tertiary/aromatic N) is 4. The molecule has 0 aliphatic carbocycles. The summed E-state index contributed by atoms with van der Waals surface area (Å²) < 4.78 is 11.4. The first-order valence-electron chi connectivity index (χ1n) is 9.37. The van der Waals surface area contributed by atoms with Crippen molar-refractivity contribution in [2.24, 2.45) is 0 Å². The Bertz CT molecular complexity index is 942. The third-order valence-corrected chi connectivity index (χ3v) is 5.02. The summed E-state index contributed by atoms with van der Waals surface area (Å²) in [6.07, 6.45) is 7.30. The second-order valence-corrected chi connectivity index (χ2v) is 6.87. The molecule has 1 amide bonds. The van der Waals surface area contributed by atoms with Gasteiger partial charge in [-0.2, -0.15) is 10.2 Å². The van der Waals surface area contributed by atoms with Crippen LogP contribution in [0.3, 0.4) is 0 Å². The molecule has 0 spiro atoms. The molecule has 144 valence electrons. The van der Waals surface area contributed by atoms with E-state index in [4.69, 9.17) is 9.15 Å². The molecule has 2 aromatic heterocycles. The van der Waals surface area contributed by atoms with Crippen LogP contribution in [0.5, 0.6) is 5.75 Å². The number of ether oxygens (including phenoxy) is 1. The number of piperidine rings is 1. The van der Waals surface area contributed by atoms with Crippen LogP contribution in [0.15, 0.2) is 53.3 Å². The van der Waals surface area contributed by atoms with E-state index in [9.17, 15) is 4.79 Å². The van der Waals surface area contributed by atoms with Crippen LogP contribution < -0.4 is 4.74 Å². The minimum Gasteiger partial charge on any atom is -0.496 e. The van der Waals surface area contributed by atoms with Gasteiger partial charge in [-0.1, -0.05) is 18.2 Å². The van der Waals surface area contributed by atoms with Gasteiger partial charge in [-0.3, -0.25) is 4.79 Å². The van der Waals surface area contributed by atoms with Gasteiger partial charge in [-0.05, 0) is 25.0 Å². The average molecular weight is 378 g/mol. The number of carbonyl (C=O) groups excluding carboxylic acids is 1. The second-order valence-electron chi connectivity index (χ2n) is 6.87. The molecule has 1 fully saturated rings. The summed E-state index contributed by atoms with van der Waals surface area (Å²) in [7, 11) is 1.66. The summed E-state index contributed by atoms with van der Waals surface area (Å²) in [4.78, 5) is 19.0. The summed E-state index contributed by atoms with van der Waals surface area (Å²) in [6.45, 7) is 1.32. The fraction of sp³-hybridized carbons (Fsp3) is 0.333. The number of para-hydroxylation sites is 1. The molecule has 1 aliphatic rings. The summed E-state index contributed by atoms with van der Waals surface area (Å²) in [5.74, 6) is 2.39. The van der Waals surface area contributed by atoms with Crippen LogP contribution in [0.25, 0.3) is 0 Å². The number of methoxy groups -OCH3 is 1. The predicted octanol–water partition coefficient (Wildman–Crippen LogP) is 3.08. The Hall–Kier alpha value is -3.22. The number of benzene rings is 1. The number of carbonyl (C=O) groups is 1. The standard InChI is InChI=1S/C21H22N4O3/c1-27-19-7-3-2-5-15(19)11-18-13-22-20(28-18)17-6-4-10-25(14-17)21(26)16-8-9-23-24-12-16/h2-3,5,7-9,12-13,17H,4,6,10-11,14H2,1H3/t17-/m0/s1. The molecule has 0 unspecified atom stereocenters. The number of amides is 1. The first-order chi connectivity index (χ1) is 13.7. The number of rotatable bonds is 5. The van der Waals surface area contributed by atoms with Crippen molar-refractivity contribution in [3.8, 4) is 5.75 Å². The van der Waals surface area contributed by atoms with Crippen LogP contribution in [-0.2, 0) is 6.42 Å². The van der Waals surface area contributed by atoms with Gasteiger partial charge in [-0.15, -0.1) is 0 Å². The molecule has 28 heavy (non-hydrogen) atoms. The lowest BCUT2D eigenvalue weighted by Crippen LogP contribution is -2.39. The molecule has 0 radical (unpaired) electrons. The van der Waals surface area contributed by atoms with Crippen molar-refractivity contribution in [1.29, 1.82) is 0 Å². The molecule has 0 bridgehead atoms. The third-order valence-electron chi connectivity index (χ3n) is 5.02. The van der Waals surface area contributed by atoms with Crippen molar-refractivity contribution in [1.82, 2.24) is 20.1 Å². The zero-order chi connectivity index (χ0) is 19.3. The molecular weight excluding hydrogens is 356 g/mol. The highest BCUT2D eigenvalue weighted by Gasteiger charge is 2.28. The van der Waals surface area contributed by atoms with Gasteiger partial charge < -0.3 is 14.1 Å². The summed E-state index contributed by atoms with van der Waals surface area (Å²) in [5.41, 5.74) is 1.61. The van der Waals surface area contributed by atoms with E-state index in [1.165, 1.54) is 12.4 Å². The highest BCUT2D eigenvalue weighted by molar-refractivity contribution is 5.93. The van der Waals surface area contributed by atoms with E-state index in [1.807, 2.05) is 29.2 Å². The zero-order valence-corrected chi connectivity index (χ0v) is 15.7. The molecule has 3 heterocycles. The molecule has 1 saturated heterocycles. The topological polar surface area (TPSA) is 81.4 Å². The van der Waals surface area contributed by atoms with Crippen LogP contribution in [0.2, 0.25) is 0 Å². The van der Waals surface area contributed by atoms with E-state index >= 15 is 0 Å². The van der Waals surface area contributed by atoms with Crippen LogP contribution in [0.1, 0.15) is 46.3 Å². The largest absolute Gasteiger partial charge is 0.496 e. The molecule has 1 atom stereocenters. The lowest BCUT2D eigenvalue weighted by atomic mass is 9.97. The van der Waals surface area contributed by atoms with Crippen molar-refractivity contribution in [2.45, 2.75) is 25.2 Å². The van der Waals surface area contributed by atoms with Crippen LogP contribution in [0, 0.1) is 0 Å². The molecule has 0 saturated carbocycles. The first-order valence-corrected chi connectivity index (χ1v) is 9.37. The normalized spacial score (nSPS) is 16.8. The van der Waals surface area contributed by atoms with Gasteiger partial charge in [0.05, 0.1) is 37.2 Å². The Labute approximate surface area is 163 Å². The van der Waals surface area contributed by atoms with Gasteiger partial charge in [0.25, 0.3) is 5.91 Å². The molecule has 1 aliphatic heterocycles. The van der Waals surface area contributed by atoms with Crippen molar-refractivity contribution in [2.75, 3.05) is 20.2 Å². The molecule has 3 aromatic rings. The second kappa shape index (κ2) is 8.21. The van der Waals surface area contributed by atoms with E-state index < -0.39 is 0 Å². The fourth-order valence-corrected chi connectivity index (χ4v) is 3.59. The first kappa shape index (κ1) is 18.2. The Kier molecular flexibility index (Phi) is 5.32. The highest BCUT2D eigenvalue weighted by Crippen LogP contribution is 2.29. The Morgan fingerprint density at radius 3 is 2.96 bits per heavy atom. The van der Waals surface area contributed by atoms with Crippen LogP contribution >= 0.6 is 0 Å². The number of hydrogen-bond acceptors (Lipinski definition) is 6. The summed E-state index contributed by atoms with van der Waals surface area (Å²) in [6, 6.07) is 9.57. The fourth-order valence-electron chi connectivity index (χ4n) is 3.59. The van der Waals surface area contributed by atoms with Gasteiger partial charge in [0, 0.05) is 25.1 Å². The maximum atomic E-state index is 12.7. The van der Waals surface area contributed by atoms with Gasteiger partial charge in [0.2, 0.25) is 0 Å². The Balaban J connectivity index is 1.45. The Morgan fingerprint density at radius 1 is 1.25 bits per heavy atom. The smallest absolute Gasteiger partial charge is 0.255 e. The van der Waals surface area contributed by atoms with Gasteiger partial charge >= 0.3 is 0 Å². The van der Waals surface area contributed by atoms with E-state index in [-0.39, 0.29) is 11.8 Å². The van der Waals surface area contributed by atoms with Crippen molar-refractivity contribution >= 4 is 5.91 Å². The Morgan fingerprint density at radius 2 is 2.14 bits per heavy atom. The maximum Gasteiger partial charge on any atom is 0.255 e. The molecular formula is C21H22N4O3. The molecule has 7 heteroatoms. The number of likely N-dealkylation sites (tertiary alicyclic amines) is 1. The predicted molar refractivity (Wildman–Crippen MR) is 102 cm³/mol. The monoisotopic (exact) mass is 378 g/mol. The SMILES string of the molecule is COc1ccccc1Cc1cnc([C@H]2CCCN(C(=O)c3ccnnc3)C2)o1. The summed E-state index contributed by atoms with van der Waals surface area (Å²) in [5, 5.41) is 7.53. The van der Waals surface area contributed by atoms with Crippen LogP contribution in [-0.4, -0.2) is 46.2 Å². The summed E-state index contributed by atoms with van der Waals surface area (Å²) >= 11 is 0. The molecule has 1 aromatic carbocycles. The average Bonchev–Trinajstić information content (AvgIpc) is 3.23. The van der Waals surface area contributed by atoms with Crippen molar-refractivity contribution in [3.63, 3.8) is 0 Å². The van der Waals surface area contributed by atoms with Gasteiger partial charge in [0.15, 0.2) is 5.89 Å².